The summed E-state index contributed by atoms with van der Waals surface area (Å²) in [6, 6.07) is 11.2. The zero-order valence-corrected chi connectivity index (χ0v) is 24.5. The van der Waals surface area contributed by atoms with Crippen LogP contribution >= 0.6 is 47.2 Å². The quantitative estimate of drug-likeness (QED) is 0.173. The van der Waals surface area contributed by atoms with Gasteiger partial charge in [0.15, 0.2) is 0 Å². The van der Waals surface area contributed by atoms with Gasteiger partial charge in [-0.3, -0.25) is 19.4 Å². The van der Waals surface area contributed by atoms with Crippen LogP contribution in [0.25, 0.3) is 17.2 Å². The highest BCUT2D eigenvalue weighted by molar-refractivity contribution is 8.26. The fraction of sp³-hybridized carbons (Fsp3) is 0.393. The monoisotopic (exact) mass is 608 g/mol. The van der Waals surface area contributed by atoms with Crippen molar-refractivity contribution in [2.24, 2.45) is 0 Å². The fourth-order valence-electron chi connectivity index (χ4n) is 4.36. The Morgan fingerprint density at radius 2 is 1.79 bits per heavy atom. The average molecular weight is 610 g/mol. The second-order valence-electron chi connectivity index (χ2n) is 9.25. The van der Waals surface area contributed by atoms with Gasteiger partial charge in [-0.25, -0.2) is 0 Å². The number of carboxylic acids is 1. The van der Waals surface area contributed by atoms with Crippen LogP contribution < -0.4 is 4.74 Å². The van der Waals surface area contributed by atoms with E-state index < -0.39 is 5.97 Å². The van der Waals surface area contributed by atoms with Crippen molar-refractivity contribution in [2.75, 3.05) is 46.0 Å². The van der Waals surface area contributed by atoms with Gasteiger partial charge in [0.25, 0.3) is 5.91 Å². The summed E-state index contributed by atoms with van der Waals surface area (Å²) >= 11 is 19.3. The minimum Gasteiger partial charge on any atom is -0.492 e. The Labute approximate surface area is 248 Å². The summed E-state index contributed by atoms with van der Waals surface area (Å²) in [5, 5.41) is 9.89. The molecule has 0 aromatic heterocycles. The van der Waals surface area contributed by atoms with Crippen molar-refractivity contribution in [3.8, 4) is 16.9 Å². The molecule has 2 saturated heterocycles. The van der Waals surface area contributed by atoms with Crippen LogP contribution in [0.3, 0.4) is 0 Å². The van der Waals surface area contributed by atoms with Gasteiger partial charge in [-0.1, -0.05) is 59.7 Å². The predicted molar refractivity (Wildman–Crippen MR) is 161 cm³/mol. The molecule has 11 heteroatoms. The maximum absolute atomic E-state index is 13.2. The van der Waals surface area contributed by atoms with Crippen molar-refractivity contribution in [1.29, 1.82) is 0 Å². The molecule has 4 rings (SSSR count). The maximum atomic E-state index is 13.2. The number of hydrogen-bond donors (Lipinski definition) is 1. The van der Waals surface area contributed by atoms with E-state index in [1.54, 1.807) is 11.0 Å². The van der Waals surface area contributed by atoms with Crippen molar-refractivity contribution in [1.82, 2.24) is 9.80 Å². The van der Waals surface area contributed by atoms with E-state index in [1.807, 2.05) is 36.4 Å². The van der Waals surface area contributed by atoms with Gasteiger partial charge < -0.3 is 14.6 Å². The first-order valence-electron chi connectivity index (χ1n) is 12.8. The zero-order chi connectivity index (χ0) is 27.8. The van der Waals surface area contributed by atoms with Gasteiger partial charge >= 0.3 is 5.97 Å². The molecule has 2 heterocycles. The molecule has 0 spiro atoms. The van der Waals surface area contributed by atoms with Crippen LogP contribution in [-0.4, -0.2) is 77.1 Å². The fourth-order valence-corrected chi connectivity index (χ4v) is 6.18. The molecule has 0 saturated carbocycles. The molecule has 39 heavy (non-hydrogen) atoms. The molecule has 1 amide bonds. The number of ether oxygens (including phenoxy) is 2. The second-order valence-corrected chi connectivity index (χ2v) is 11.8. The van der Waals surface area contributed by atoms with E-state index in [4.69, 9.17) is 50.0 Å². The second kappa shape index (κ2) is 14.5. The van der Waals surface area contributed by atoms with Crippen molar-refractivity contribution in [3.63, 3.8) is 0 Å². The van der Waals surface area contributed by atoms with E-state index in [1.165, 1.54) is 11.8 Å². The number of carbonyl (C=O) groups excluding carboxylic acids is 1. The molecular weight excluding hydrogens is 579 g/mol. The zero-order valence-electron chi connectivity index (χ0n) is 21.4. The van der Waals surface area contributed by atoms with Crippen molar-refractivity contribution < 1.29 is 24.2 Å². The highest BCUT2D eigenvalue weighted by Crippen LogP contribution is 2.37. The van der Waals surface area contributed by atoms with E-state index in [2.05, 4.69) is 4.90 Å². The Morgan fingerprint density at radius 1 is 1.05 bits per heavy atom. The third-order valence-electron chi connectivity index (χ3n) is 6.41. The lowest BCUT2D eigenvalue weighted by atomic mass is 10.0. The molecule has 0 aliphatic carbocycles. The number of unbranched alkanes of at least 4 members (excludes halogenated alkanes) is 2. The van der Waals surface area contributed by atoms with Crippen LogP contribution in [0.1, 0.15) is 31.2 Å². The summed E-state index contributed by atoms with van der Waals surface area (Å²) in [5.41, 5.74) is 2.50. The third-order valence-corrected chi connectivity index (χ3v) is 8.22. The first-order valence-corrected chi connectivity index (χ1v) is 14.8. The standard InChI is InChI=1S/C28H30Cl2N2O5S2/c29-22-15-20(16-23(30)18-22)19-5-6-24(37-13-10-31-8-11-36-12-9-31)21(14-19)17-25-27(35)32(28(38)39-25)7-3-1-2-4-26(33)34/h5-6,14-18H,1-4,7-13H2,(H,33,34). The van der Waals surface area contributed by atoms with E-state index in [0.29, 0.717) is 57.4 Å². The Bertz CT molecular complexity index is 1230. The van der Waals surface area contributed by atoms with Crippen LogP contribution in [0.5, 0.6) is 5.75 Å². The molecule has 1 N–H and O–H groups in total. The molecule has 2 aromatic rings. The Balaban J connectivity index is 1.53. The number of amides is 1. The molecule has 0 radical (unpaired) electrons. The van der Waals surface area contributed by atoms with Crippen LogP contribution in [-0.2, 0) is 14.3 Å². The Kier molecular flexibility index (Phi) is 11.1. The summed E-state index contributed by atoms with van der Waals surface area (Å²) in [7, 11) is 0. The van der Waals surface area contributed by atoms with Gasteiger partial charge in [-0.05, 0) is 60.4 Å². The van der Waals surface area contributed by atoms with Crippen LogP contribution in [0, 0.1) is 0 Å². The number of hydrogen-bond acceptors (Lipinski definition) is 7. The Hall–Kier alpha value is -2.14. The summed E-state index contributed by atoms with van der Waals surface area (Å²) in [6.07, 6.45) is 3.93. The van der Waals surface area contributed by atoms with Gasteiger partial charge in [-0.15, -0.1) is 0 Å². The molecule has 2 aliphatic heterocycles. The molecule has 7 nitrogen and oxygen atoms in total. The molecule has 0 atom stereocenters. The van der Waals surface area contributed by atoms with Gasteiger partial charge in [-0.2, -0.15) is 0 Å². The number of aliphatic carboxylic acids is 1. The van der Waals surface area contributed by atoms with Crippen molar-refractivity contribution >= 4 is 69.5 Å². The van der Waals surface area contributed by atoms with Crippen molar-refractivity contribution in [3.05, 3.63) is 56.9 Å². The van der Waals surface area contributed by atoms with E-state index in [-0.39, 0.29) is 12.3 Å². The smallest absolute Gasteiger partial charge is 0.303 e. The number of morpholine rings is 1. The average Bonchev–Trinajstić information content (AvgIpc) is 3.16. The number of nitrogens with zero attached hydrogens (tertiary/aromatic N) is 2. The number of carboxylic acid groups (broad SMARTS) is 1. The minimum absolute atomic E-state index is 0.126. The number of benzene rings is 2. The van der Waals surface area contributed by atoms with E-state index >= 15 is 0 Å². The topological polar surface area (TPSA) is 79.3 Å². The van der Waals surface area contributed by atoms with E-state index in [0.717, 1.165) is 49.5 Å². The highest BCUT2D eigenvalue weighted by Gasteiger charge is 2.31. The molecule has 2 fully saturated rings. The molecule has 0 unspecified atom stereocenters. The molecular formula is C28H30Cl2N2O5S2. The third kappa shape index (κ3) is 8.67. The lowest BCUT2D eigenvalue weighted by Gasteiger charge is -2.26. The van der Waals surface area contributed by atoms with Crippen LogP contribution in [0.15, 0.2) is 41.3 Å². The van der Waals surface area contributed by atoms with Gasteiger partial charge in [0, 0.05) is 48.2 Å². The van der Waals surface area contributed by atoms with Gasteiger partial charge in [0.05, 0.1) is 18.1 Å². The lowest BCUT2D eigenvalue weighted by molar-refractivity contribution is -0.137. The summed E-state index contributed by atoms with van der Waals surface area (Å²) in [5.74, 6) is -0.299. The summed E-state index contributed by atoms with van der Waals surface area (Å²) in [4.78, 5) is 28.4. The molecule has 2 aliphatic rings. The van der Waals surface area contributed by atoms with Crippen LogP contribution in [0.4, 0.5) is 0 Å². The highest BCUT2D eigenvalue weighted by atomic mass is 35.5. The summed E-state index contributed by atoms with van der Waals surface area (Å²) in [6.45, 7) is 4.95. The Morgan fingerprint density at radius 3 is 2.51 bits per heavy atom. The number of rotatable bonds is 12. The van der Waals surface area contributed by atoms with Gasteiger partial charge in [0.2, 0.25) is 0 Å². The minimum atomic E-state index is -0.811. The SMILES string of the molecule is O=C(O)CCCCCN1C(=O)C(=Cc2cc(-c3cc(Cl)cc(Cl)c3)ccc2OCCN2CCOCC2)SC1=S. The number of carbonyl (C=O) groups is 2. The van der Waals surface area contributed by atoms with Gasteiger partial charge in [0.1, 0.15) is 16.7 Å². The predicted octanol–water partition coefficient (Wildman–Crippen LogP) is 6.22. The van der Waals surface area contributed by atoms with Crippen LogP contribution in [0.2, 0.25) is 10.0 Å². The number of thioether (sulfide) groups is 1. The van der Waals surface area contributed by atoms with Crippen molar-refractivity contribution in [2.45, 2.75) is 25.7 Å². The first-order chi connectivity index (χ1) is 18.8. The normalized spacial score (nSPS) is 17.3. The molecule has 208 valence electrons. The van der Waals surface area contributed by atoms with E-state index in [9.17, 15) is 9.59 Å². The largest absolute Gasteiger partial charge is 0.492 e. The number of halogens is 2. The maximum Gasteiger partial charge on any atom is 0.303 e. The lowest BCUT2D eigenvalue weighted by Crippen LogP contribution is -2.38. The molecule has 0 bridgehead atoms. The number of thiocarbonyl (C=S) groups is 1. The molecule has 2 aromatic carbocycles. The first kappa shape index (κ1) is 29.8. The summed E-state index contributed by atoms with van der Waals surface area (Å²) < 4.78 is 12.1.